The third-order valence-electron chi connectivity index (χ3n) is 2.31. The van der Waals surface area contributed by atoms with Crippen LogP contribution in [0.1, 0.15) is 39.8 Å². The van der Waals surface area contributed by atoms with Crippen LogP contribution in [0.15, 0.2) is 22.8 Å². The maximum atomic E-state index is 11.6. The topological polar surface area (TPSA) is 75.1 Å². The van der Waals surface area contributed by atoms with Gasteiger partial charge in [-0.3, -0.25) is 4.98 Å². The molecule has 0 saturated carbocycles. The maximum absolute atomic E-state index is 11.6. The molecule has 0 radical (unpaired) electrons. The molecule has 1 amide bonds. The van der Waals surface area contributed by atoms with Crippen LogP contribution in [0, 0.1) is 5.41 Å². The van der Waals surface area contributed by atoms with E-state index in [-0.39, 0.29) is 6.04 Å². The Kier molecular flexibility index (Phi) is 5.68. The number of amides is 1. The third kappa shape index (κ3) is 6.14. The van der Waals surface area contributed by atoms with Crippen LogP contribution in [-0.4, -0.2) is 28.4 Å². The fourth-order valence-electron chi connectivity index (χ4n) is 1.52. The van der Waals surface area contributed by atoms with Crippen molar-refractivity contribution in [2.45, 2.75) is 45.8 Å². The van der Waals surface area contributed by atoms with E-state index in [1.165, 1.54) is 0 Å². The molecular weight excluding hydrogens is 322 g/mol. The number of halogens is 1. The summed E-state index contributed by atoms with van der Waals surface area (Å²) in [6.07, 6.45) is 1.57. The number of alkyl carbamates (subject to hydrolysis) is 1. The Morgan fingerprint density at radius 2 is 2.15 bits per heavy atom. The minimum atomic E-state index is -0.523. The summed E-state index contributed by atoms with van der Waals surface area (Å²) in [4.78, 5) is 15.8. The van der Waals surface area contributed by atoms with Gasteiger partial charge in [0.15, 0.2) is 0 Å². The van der Waals surface area contributed by atoms with E-state index >= 15 is 0 Å². The molecule has 5 nitrogen and oxygen atoms in total. The highest BCUT2D eigenvalue weighted by Gasteiger charge is 2.18. The molecule has 1 atom stereocenters. The van der Waals surface area contributed by atoms with Crippen LogP contribution in [0.4, 0.5) is 4.79 Å². The van der Waals surface area contributed by atoms with Gasteiger partial charge in [-0.25, -0.2) is 4.79 Å². The Hall–Kier alpha value is -1.43. The molecule has 20 heavy (non-hydrogen) atoms. The summed E-state index contributed by atoms with van der Waals surface area (Å²) in [5.74, 6) is 0. The van der Waals surface area contributed by atoms with E-state index in [2.05, 4.69) is 26.2 Å². The van der Waals surface area contributed by atoms with E-state index in [9.17, 15) is 4.79 Å². The predicted molar refractivity (Wildman–Crippen MR) is 82.2 cm³/mol. The fraction of sp³-hybridized carbons (Fsp3) is 0.500. The number of nitrogens with one attached hydrogen (secondary N) is 2. The summed E-state index contributed by atoms with van der Waals surface area (Å²) in [7, 11) is 0. The minimum absolute atomic E-state index is 0.192. The van der Waals surface area contributed by atoms with E-state index in [0.717, 1.165) is 4.47 Å². The Morgan fingerprint density at radius 1 is 1.50 bits per heavy atom. The second-order valence-corrected chi connectivity index (χ2v) is 6.51. The average Bonchev–Trinajstić information content (AvgIpc) is 2.26. The summed E-state index contributed by atoms with van der Waals surface area (Å²) in [6, 6.07) is 3.41. The van der Waals surface area contributed by atoms with Crippen molar-refractivity contribution in [1.29, 1.82) is 5.41 Å². The molecule has 0 aromatic carbocycles. The van der Waals surface area contributed by atoms with Crippen molar-refractivity contribution in [3.8, 4) is 0 Å². The lowest BCUT2D eigenvalue weighted by Gasteiger charge is -2.22. The van der Waals surface area contributed by atoms with E-state index in [0.29, 0.717) is 17.8 Å². The van der Waals surface area contributed by atoms with E-state index in [4.69, 9.17) is 10.1 Å². The molecule has 6 heteroatoms. The van der Waals surface area contributed by atoms with Crippen LogP contribution >= 0.6 is 15.9 Å². The number of nitrogens with zero attached hydrogens (tertiary/aromatic N) is 1. The van der Waals surface area contributed by atoms with E-state index < -0.39 is 11.7 Å². The number of carbonyl (C=O) groups excluding carboxylic acids is 1. The van der Waals surface area contributed by atoms with Crippen LogP contribution in [0.5, 0.6) is 0 Å². The lowest BCUT2D eigenvalue weighted by Crippen LogP contribution is -2.38. The van der Waals surface area contributed by atoms with E-state index in [1.807, 2.05) is 33.8 Å². The quantitative estimate of drug-likeness (QED) is 0.822. The number of aromatic nitrogens is 1. The molecule has 0 aliphatic rings. The predicted octanol–water partition coefficient (Wildman–Crippen LogP) is 3.52. The monoisotopic (exact) mass is 341 g/mol. The van der Waals surface area contributed by atoms with Crippen LogP contribution in [0.2, 0.25) is 0 Å². The van der Waals surface area contributed by atoms with Crippen molar-refractivity contribution in [3.63, 3.8) is 0 Å². The molecule has 110 valence electrons. The number of pyridine rings is 1. The summed E-state index contributed by atoms with van der Waals surface area (Å²) >= 11 is 3.30. The molecule has 0 fully saturated rings. The highest BCUT2D eigenvalue weighted by atomic mass is 79.9. The van der Waals surface area contributed by atoms with Crippen LogP contribution in [-0.2, 0) is 4.74 Å². The number of rotatable bonds is 4. The summed E-state index contributed by atoms with van der Waals surface area (Å²) < 4.78 is 6.04. The van der Waals surface area contributed by atoms with Gasteiger partial charge in [0.2, 0.25) is 0 Å². The molecule has 1 aromatic heterocycles. The van der Waals surface area contributed by atoms with Crippen LogP contribution < -0.4 is 5.32 Å². The molecule has 0 saturated heterocycles. The SMILES string of the molecule is C[C@H](CC(=N)c1ccc(Br)cn1)NC(=O)OC(C)(C)C. The summed E-state index contributed by atoms with van der Waals surface area (Å²) in [5, 5.41) is 10.7. The highest BCUT2D eigenvalue weighted by molar-refractivity contribution is 9.10. The van der Waals surface area contributed by atoms with Crippen molar-refractivity contribution < 1.29 is 9.53 Å². The van der Waals surface area contributed by atoms with Crippen molar-refractivity contribution >= 4 is 27.7 Å². The Labute approximate surface area is 127 Å². The molecule has 0 aliphatic carbocycles. The first-order chi connectivity index (χ1) is 9.17. The second kappa shape index (κ2) is 6.83. The van der Waals surface area contributed by atoms with Crippen LogP contribution in [0.3, 0.4) is 0 Å². The van der Waals surface area contributed by atoms with Gasteiger partial charge in [0.05, 0.1) is 11.4 Å². The molecule has 0 unspecified atom stereocenters. The zero-order valence-electron chi connectivity index (χ0n) is 12.2. The van der Waals surface area contributed by atoms with Gasteiger partial charge in [-0.1, -0.05) is 0 Å². The van der Waals surface area contributed by atoms with Crippen molar-refractivity contribution in [3.05, 3.63) is 28.5 Å². The molecule has 1 rings (SSSR count). The number of hydrogen-bond donors (Lipinski definition) is 2. The molecule has 1 aromatic rings. The fourth-order valence-corrected chi connectivity index (χ4v) is 1.76. The third-order valence-corrected chi connectivity index (χ3v) is 2.78. The number of carbonyl (C=O) groups is 1. The Bertz CT molecular complexity index is 480. The second-order valence-electron chi connectivity index (χ2n) is 5.59. The van der Waals surface area contributed by atoms with Crippen molar-refractivity contribution in [1.82, 2.24) is 10.3 Å². The smallest absolute Gasteiger partial charge is 0.407 e. The maximum Gasteiger partial charge on any atom is 0.407 e. The van der Waals surface area contributed by atoms with Gasteiger partial charge in [0.1, 0.15) is 5.60 Å². The first-order valence-electron chi connectivity index (χ1n) is 6.36. The minimum Gasteiger partial charge on any atom is -0.444 e. The Balaban J connectivity index is 2.50. The van der Waals surface area contributed by atoms with Gasteiger partial charge >= 0.3 is 6.09 Å². The molecule has 1 heterocycles. The van der Waals surface area contributed by atoms with Gasteiger partial charge in [0, 0.05) is 23.1 Å². The standard InChI is InChI=1S/C14H20BrN3O2/c1-9(18-13(19)20-14(2,3)4)7-11(16)12-6-5-10(15)8-17-12/h5-6,8-9,16H,7H2,1-4H3,(H,18,19)/t9-/m1/s1. The van der Waals surface area contributed by atoms with Gasteiger partial charge < -0.3 is 15.5 Å². The molecule has 2 N–H and O–H groups in total. The van der Waals surface area contributed by atoms with Gasteiger partial charge in [0.25, 0.3) is 0 Å². The van der Waals surface area contributed by atoms with Gasteiger partial charge in [-0.05, 0) is 55.8 Å². The first-order valence-corrected chi connectivity index (χ1v) is 7.15. The van der Waals surface area contributed by atoms with Crippen LogP contribution in [0.25, 0.3) is 0 Å². The Morgan fingerprint density at radius 3 is 2.65 bits per heavy atom. The van der Waals surface area contributed by atoms with Crippen molar-refractivity contribution in [2.24, 2.45) is 0 Å². The number of ether oxygens (including phenoxy) is 1. The molecular formula is C14H20BrN3O2. The summed E-state index contributed by atoms with van der Waals surface area (Å²) in [5.41, 5.74) is 0.456. The first kappa shape index (κ1) is 16.6. The number of hydrogen-bond acceptors (Lipinski definition) is 4. The lowest BCUT2D eigenvalue weighted by molar-refractivity contribution is 0.0510. The van der Waals surface area contributed by atoms with Gasteiger partial charge in [-0.15, -0.1) is 0 Å². The molecule has 0 spiro atoms. The summed E-state index contributed by atoms with van der Waals surface area (Å²) in [6.45, 7) is 7.26. The largest absolute Gasteiger partial charge is 0.444 e. The van der Waals surface area contributed by atoms with E-state index in [1.54, 1.807) is 12.3 Å². The zero-order valence-corrected chi connectivity index (χ0v) is 13.7. The normalized spacial score (nSPS) is 12.7. The van der Waals surface area contributed by atoms with Crippen molar-refractivity contribution in [2.75, 3.05) is 0 Å². The molecule has 0 bridgehead atoms. The average molecular weight is 342 g/mol. The highest BCUT2D eigenvalue weighted by Crippen LogP contribution is 2.10. The van der Waals surface area contributed by atoms with Gasteiger partial charge in [-0.2, -0.15) is 0 Å². The zero-order chi connectivity index (χ0) is 15.3. The lowest BCUT2D eigenvalue weighted by atomic mass is 10.1. The molecule has 0 aliphatic heterocycles.